The van der Waals surface area contributed by atoms with Crippen LogP contribution in [-0.2, 0) is 14.4 Å². The number of carbonyl (C=O) groups is 3. The number of nitrogens with one attached hydrogen (secondary N) is 1. The molecule has 80 valence electrons. The van der Waals surface area contributed by atoms with Crippen LogP contribution in [0.3, 0.4) is 0 Å². The van der Waals surface area contributed by atoms with Gasteiger partial charge in [0.2, 0.25) is 5.91 Å². The highest BCUT2D eigenvalue weighted by Gasteiger charge is 2.21. The minimum absolute atomic E-state index is 0.530. The van der Waals surface area contributed by atoms with Gasteiger partial charge in [0, 0.05) is 0 Å². The van der Waals surface area contributed by atoms with E-state index in [0.29, 0.717) is 0 Å². The molecule has 1 unspecified atom stereocenters. The molecule has 2 atom stereocenters. The number of hydrogen-bond donors (Lipinski definition) is 4. The predicted molar refractivity (Wildman–Crippen MR) is 45.5 cm³/mol. The normalized spacial score (nSPS) is 14.1. The van der Waals surface area contributed by atoms with Gasteiger partial charge >= 0.3 is 11.9 Å². The smallest absolute Gasteiger partial charge is 0.325 e. The molecule has 0 aromatic carbocycles. The minimum atomic E-state index is -1.23. The van der Waals surface area contributed by atoms with E-state index in [1.807, 2.05) is 0 Å². The molecule has 1 amide bonds. The molecular weight excluding hydrogens is 192 g/mol. The topological polar surface area (TPSA) is 130 Å². The first-order chi connectivity index (χ1) is 6.34. The summed E-state index contributed by atoms with van der Waals surface area (Å²) in [6.45, 7) is 1.26. The second-order valence-electron chi connectivity index (χ2n) is 2.77. The van der Waals surface area contributed by atoms with Gasteiger partial charge in [-0.3, -0.25) is 14.4 Å². The van der Waals surface area contributed by atoms with E-state index in [-0.39, 0.29) is 0 Å². The van der Waals surface area contributed by atoms with Crippen LogP contribution in [0.25, 0.3) is 0 Å². The lowest BCUT2D eigenvalue weighted by Gasteiger charge is -2.12. The van der Waals surface area contributed by atoms with E-state index in [1.165, 1.54) is 6.92 Å². The summed E-state index contributed by atoms with van der Waals surface area (Å²) in [5, 5.41) is 18.8. The maximum absolute atomic E-state index is 11.0. The summed E-state index contributed by atoms with van der Waals surface area (Å²) in [6, 6.07) is -2.31. The summed E-state index contributed by atoms with van der Waals surface area (Å²) < 4.78 is 0. The fourth-order valence-electron chi connectivity index (χ4n) is 0.663. The van der Waals surface area contributed by atoms with E-state index < -0.39 is 36.4 Å². The van der Waals surface area contributed by atoms with Gasteiger partial charge in [0.15, 0.2) is 0 Å². The zero-order chi connectivity index (χ0) is 11.3. The van der Waals surface area contributed by atoms with Crippen molar-refractivity contribution in [1.82, 2.24) is 5.32 Å². The van der Waals surface area contributed by atoms with Crippen LogP contribution >= 0.6 is 0 Å². The Labute approximate surface area is 79.9 Å². The van der Waals surface area contributed by atoms with Gasteiger partial charge < -0.3 is 21.3 Å². The van der Waals surface area contributed by atoms with Gasteiger partial charge in [-0.1, -0.05) is 0 Å². The molecule has 5 N–H and O–H groups in total. The highest BCUT2D eigenvalue weighted by Crippen LogP contribution is 1.90. The third-order valence-electron chi connectivity index (χ3n) is 1.46. The van der Waals surface area contributed by atoms with Crippen LogP contribution in [-0.4, -0.2) is 40.1 Å². The Kier molecular flexibility index (Phi) is 4.57. The fraction of sp³-hybridized carbons (Fsp3) is 0.571. The number of rotatable bonds is 5. The average molecular weight is 204 g/mol. The van der Waals surface area contributed by atoms with Crippen molar-refractivity contribution in [2.45, 2.75) is 25.4 Å². The number of nitrogens with two attached hydrogens (primary N) is 1. The molecule has 0 rings (SSSR count). The highest BCUT2D eigenvalue weighted by molar-refractivity contribution is 5.89. The highest BCUT2D eigenvalue weighted by atomic mass is 16.4. The number of hydrogen-bond acceptors (Lipinski definition) is 4. The van der Waals surface area contributed by atoms with Crippen LogP contribution < -0.4 is 11.1 Å². The first-order valence-electron chi connectivity index (χ1n) is 3.85. The van der Waals surface area contributed by atoms with Crippen molar-refractivity contribution in [3.8, 4) is 0 Å². The summed E-state index contributed by atoms with van der Waals surface area (Å²) in [6.07, 6.45) is -0.530. The number of amides is 1. The van der Waals surface area contributed by atoms with E-state index in [4.69, 9.17) is 15.9 Å². The molecule has 0 saturated heterocycles. The summed E-state index contributed by atoms with van der Waals surface area (Å²) in [5.74, 6) is -3.21. The molecule has 0 radical (unpaired) electrons. The molecule has 0 aromatic rings. The van der Waals surface area contributed by atoms with Crippen molar-refractivity contribution < 1.29 is 24.6 Å². The van der Waals surface area contributed by atoms with Crippen LogP contribution in [0.4, 0.5) is 0 Å². The van der Waals surface area contributed by atoms with E-state index in [1.54, 1.807) is 0 Å². The number of carboxylic acids is 2. The SMILES string of the molecule is CC(NC(=O)[C@@H](N)CC(=O)O)C(=O)O. The molecule has 0 aliphatic carbocycles. The lowest BCUT2D eigenvalue weighted by molar-refractivity contribution is -0.142. The van der Waals surface area contributed by atoms with Gasteiger partial charge in [-0.25, -0.2) is 0 Å². The summed E-state index contributed by atoms with van der Waals surface area (Å²) in [4.78, 5) is 31.5. The summed E-state index contributed by atoms with van der Waals surface area (Å²) in [5.41, 5.74) is 5.18. The number of aliphatic carboxylic acids is 2. The predicted octanol–water partition coefficient (Wildman–Crippen LogP) is -1.62. The minimum Gasteiger partial charge on any atom is -0.481 e. The quantitative estimate of drug-likeness (QED) is 0.425. The molecule has 0 heterocycles. The molecule has 7 heteroatoms. The Hall–Kier alpha value is -1.63. The van der Waals surface area contributed by atoms with Gasteiger partial charge in [-0.05, 0) is 6.92 Å². The van der Waals surface area contributed by atoms with Crippen LogP contribution in [0.15, 0.2) is 0 Å². The van der Waals surface area contributed by atoms with Crippen LogP contribution in [0, 0.1) is 0 Å². The Balaban J connectivity index is 4.07. The van der Waals surface area contributed by atoms with Gasteiger partial charge in [0.1, 0.15) is 6.04 Å². The second kappa shape index (κ2) is 5.18. The zero-order valence-electron chi connectivity index (χ0n) is 7.56. The third kappa shape index (κ3) is 4.41. The number of carbonyl (C=O) groups excluding carboxylic acids is 1. The molecule has 0 aliphatic heterocycles. The lowest BCUT2D eigenvalue weighted by atomic mass is 10.2. The van der Waals surface area contributed by atoms with Gasteiger partial charge in [-0.15, -0.1) is 0 Å². The standard InChI is InChI=1S/C7H12N2O5/c1-3(7(13)14)9-6(12)4(8)2-5(10)11/h3-4H,2,8H2,1H3,(H,9,12)(H,10,11)(H,13,14)/t3?,4-/m0/s1. The molecule has 0 spiro atoms. The van der Waals surface area contributed by atoms with E-state index in [2.05, 4.69) is 5.32 Å². The van der Waals surface area contributed by atoms with Gasteiger partial charge in [-0.2, -0.15) is 0 Å². The molecule has 0 aliphatic rings. The largest absolute Gasteiger partial charge is 0.481 e. The van der Waals surface area contributed by atoms with Crippen molar-refractivity contribution in [3.05, 3.63) is 0 Å². The second-order valence-corrected chi connectivity index (χ2v) is 2.77. The molecule has 7 nitrogen and oxygen atoms in total. The average Bonchev–Trinajstić information content (AvgIpc) is 2.02. The monoisotopic (exact) mass is 204 g/mol. The van der Waals surface area contributed by atoms with E-state index >= 15 is 0 Å². The molecule has 0 bridgehead atoms. The zero-order valence-corrected chi connectivity index (χ0v) is 7.56. The Morgan fingerprint density at radius 1 is 1.36 bits per heavy atom. The van der Waals surface area contributed by atoms with E-state index in [0.717, 1.165) is 0 Å². The third-order valence-corrected chi connectivity index (χ3v) is 1.46. The van der Waals surface area contributed by atoms with Crippen molar-refractivity contribution in [1.29, 1.82) is 0 Å². The maximum atomic E-state index is 11.0. The first kappa shape index (κ1) is 12.4. The van der Waals surface area contributed by atoms with Crippen molar-refractivity contribution >= 4 is 17.8 Å². The van der Waals surface area contributed by atoms with Crippen molar-refractivity contribution in [2.24, 2.45) is 5.73 Å². The van der Waals surface area contributed by atoms with Crippen LogP contribution in [0.1, 0.15) is 13.3 Å². The molecule has 0 aromatic heterocycles. The molecule has 0 saturated carbocycles. The molecule has 14 heavy (non-hydrogen) atoms. The Morgan fingerprint density at radius 2 is 1.86 bits per heavy atom. The van der Waals surface area contributed by atoms with Gasteiger partial charge in [0.05, 0.1) is 12.5 Å². The number of carboxylic acid groups (broad SMARTS) is 2. The first-order valence-corrected chi connectivity index (χ1v) is 3.85. The fourth-order valence-corrected chi connectivity index (χ4v) is 0.663. The van der Waals surface area contributed by atoms with Crippen LogP contribution in [0.5, 0.6) is 0 Å². The van der Waals surface area contributed by atoms with Crippen LogP contribution in [0.2, 0.25) is 0 Å². The van der Waals surface area contributed by atoms with Crippen molar-refractivity contribution in [3.63, 3.8) is 0 Å². The lowest BCUT2D eigenvalue weighted by Crippen LogP contribution is -2.47. The van der Waals surface area contributed by atoms with Crippen molar-refractivity contribution in [2.75, 3.05) is 0 Å². The molecule has 0 fully saturated rings. The Bertz CT molecular complexity index is 252. The summed E-state index contributed by atoms with van der Waals surface area (Å²) in [7, 11) is 0. The maximum Gasteiger partial charge on any atom is 0.325 e. The molecular formula is C7H12N2O5. The summed E-state index contributed by atoms with van der Waals surface area (Å²) >= 11 is 0. The van der Waals surface area contributed by atoms with E-state index in [9.17, 15) is 14.4 Å². The Morgan fingerprint density at radius 3 is 2.21 bits per heavy atom. The van der Waals surface area contributed by atoms with Gasteiger partial charge in [0.25, 0.3) is 0 Å².